The first-order valence-corrected chi connectivity index (χ1v) is 5.92. The Balaban J connectivity index is 0.000000917. The van der Waals surface area contributed by atoms with E-state index < -0.39 is 0 Å². The summed E-state index contributed by atoms with van der Waals surface area (Å²) in [7, 11) is 0. The second-order valence-corrected chi connectivity index (χ2v) is 3.71. The van der Waals surface area contributed by atoms with Gasteiger partial charge in [0.1, 0.15) is 11.6 Å². The van der Waals surface area contributed by atoms with Crippen LogP contribution in [0.5, 0.6) is 0 Å². The molecule has 0 unspecified atom stereocenters. The van der Waals surface area contributed by atoms with E-state index in [-0.39, 0.29) is 13.0 Å². The number of benzene rings is 1. The van der Waals surface area contributed by atoms with Gasteiger partial charge in [-0.25, -0.2) is 4.39 Å². The number of halogens is 1. The summed E-state index contributed by atoms with van der Waals surface area (Å²) < 4.78 is 13.0. The highest BCUT2D eigenvalue weighted by atomic mass is 19.1. The lowest BCUT2D eigenvalue weighted by atomic mass is 10.1. The van der Waals surface area contributed by atoms with Gasteiger partial charge in [-0.05, 0) is 37.1 Å². The van der Waals surface area contributed by atoms with Gasteiger partial charge in [-0.3, -0.25) is 0 Å². The fraction of sp³-hybridized carbons (Fsp3) is 0.357. The predicted octanol–water partition coefficient (Wildman–Crippen LogP) is 4.10. The summed E-state index contributed by atoms with van der Waals surface area (Å²) in [4.78, 5) is 13.9. The standard InChI is InChI=1S/C12H12FNO.C2H6.H2/c1-8(15)2-3-9-7-14-12-5-4-10(13)6-11(9)12;1-2;/h4-7,14H,2-3H2,1H3;1-2H3;1H. The Hall–Kier alpha value is -1.64. The van der Waals surface area contributed by atoms with Crippen molar-refractivity contribution in [2.45, 2.75) is 33.6 Å². The number of rotatable bonds is 3. The molecule has 1 N–H and O–H groups in total. The Morgan fingerprint density at radius 2 is 2.12 bits per heavy atom. The molecule has 0 saturated heterocycles. The third-order valence-corrected chi connectivity index (χ3v) is 2.48. The van der Waals surface area contributed by atoms with Crippen molar-refractivity contribution in [1.29, 1.82) is 0 Å². The van der Waals surface area contributed by atoms with Crippen LogP contribution in [-0.2, 0) is 11.2 Å². The molecule has 0 spiro atoms. The molecule has 0 saturated carbocycles. The maximum Gasteiger partial charge on any atom is 0.130 e. The van der Waals surface area contributed by atoms with Gasteiger partial charge in [0.05, 0.1) is 0 Å². The van der Waals surface area contributed by atoms with Crippen LogP contribution in [0.15, 0.2) is 24.4 Å². The zero-order valence-corrected chi connectivity index (χ0v) is 10.5. The van der Waals surface area contributed by atoms with Gasteiger partial charge in [-0.2, -0.15) is 0 Å². The minimum atomic E-state index is -0.244. The van der Waals surface area contributed by atoms with E-state index in [9.17, 15) is 9.18 Å². The molecule has 0 bridgehead atoms. The van der Waals surface area contributed by atoms with E-state index in [1.54, 1.807) is 13.0 Å². The molecule has 2 aromatic rings. The van der Waals surface area contributed by atoms with Crippen molar-refractivity contribution in [2.75, 3.05) is 0 Å². The number of aromatic amines is 1. The normalized spacial score (nSPS) is 9.88. The number of ketones is 1. The lowest BCUT2D eigenvalue weighted by molar-refractivity contribution is -0.116. The van der Waals surface area contributed by atoms with E-state index in [1.807, 2.05) is 20.0 Å². The maximum absolute atomic E-state index is 13.0. The lowest BCUT2D eigenvalue weighted by Crippen LogP contribution is -1.92. The number of fused-ring (bicyclic) bond motifs is 1. The van der Waals surface area contributed by atoms with Gasteiger partial charge in [0.25, 0.3) is 0 Å². The highest BCUT2D eigenvalue weighted by Gasteiger charge is 2.05. The highest BCUT2D eigenvalue weighted by molar-refractivity contribution is 5.84. The van der Waals surface area contributed by atoms with E-state index in [4.69, 9.17) is 0 Å². The SMILES string of the molecule is CC.CC(=O)CCc1c[nH]c2ccc(F)cc12.[HH]. The molecule has 0 atom stereocenters. The molecule has 0 radical (unpaired) electrons. The number of aryl methyl sites for hydroxylation is 1. The van der Waals surface area contributed by atoms with Crippen LogP contribution < -0.4 is 0 Å². The molecular formula is C14H20FNO. The molecule has 2 nitrogen and oxygen atoms in total. The van der Waals surface area contributed by atoms with Crippen LogP contribution in [0.1, 0.15) is 34.2 Å². The van der Waals surface area contributed by atoms with Crippen molar-refractivity contribution in [3.8, 4) is 0 Å². The first kappa shape index (κ1) is 13.4. The number of aromatic nitrogens is 1. The van der Waals surface area contributed by atoms with E-state index in [1.165, 1.54) is 12.1 Å². The molecule has 0 aliphatic carbocycles. The number of nitrogens with one attached hydrogen (secondary N) is 1. The maximum atomic E-state index is 13.0. The third-order valence-electron chi connectivity index (χ3n) is 2.48. The van der Waals surface area contributed by atoms with Gasteiger partial charge in [-0.1, -0.05) is 13.8 Å². The van der Waals surface area contributed by atoms with Crippen LogP contribution >= 0.6 is 0 Å². The van der Waals surface area contributed by atoms with E-state index in [0.29, 0.717) is 12.8 Å². The van der Waals surface area contributed by atoms with E-state index in [2.05, 4.69) is 4.98 Å². The van der Waals surface area contributed by atoms with Crippen LogP contribution in [0.2, 0.25) is 0 Å². The summed E-state index contributed by atoms with van der Waals surface area (Å²) in [5, 5.41) is 0.872. The predicted molar refractivity (Wildman–Crippen MR) is 70.7 cm³/mol. The van der Waals surface area contributed by atoms with Crippen molar-refractivity contribution in [3.05, 3.63) is 35.8 Å². The van der Waals surface area contributed by atoms with Crippen molar-refractivity contribution >= 4 is 16.7 Å². The van der Waals surface area contributed by atoms with Crippen LogP contribution in [0.4, 0.5) is 4.39 Å². The molecule has 0 aliphatic heterocycles. The van der Waals surface area contributed by atoms with Crippen LogP contribution in [0.25, 0.3) is 10.9 Å². The van der Waals surface area contributed by atoms with Gasteiger partial charge in [0, 0.05) is 24.9 Å². The first-order valence-electron chi connectivity index (χ1n) is 5.92. The zero-order chi connectivity index (χ0) is 12.8. The quantitative estimate of drug-likeness (QED) is 0.856. The molecule has 0 amide bonds. The van der Waals surface area contributed by atoms with Crippen LogP contribution in [0.3, 0.4) is 0 Å². The average molecular weight is 237 g/mol. The largest absolute Gasteiger partial charge is 0.361 e. The van der Waals surface area contributed by atoms with Gasteiger partial charge in [-0.15, -0.1) is 0 Å². The number of hydrogen-bond donors (Lipinski definition) is 1. The zero-order valence-electron chi connectivity index (χ0n) is 10.5. The lowest BCUT2D eigenvalue weighted by Gasteiger charge is -1.96. The highest BCUT2D eigenvalue weighted by Crippen LogP contribution is 2.20. The molecular weight excluding hydrogens is 217 g/mol. The van der Waals surface area contributed by atoms with Gasteiger partial charge < -0.3 is 9.78 Å². The Kier molecular flexibility index (Phi) is 4.88. The molecule has 1 aromatic heterocycles. The molecule has 2 rings (SSSR count). The van der Waals surface area contributed by atoms with Crippen molar-refractivity contribution in [2.24, 2.45) is 0 Å². The van der Waals surface area contributed by atoms with Crippen molar-refractivity contribution in [3.63, 3.8) is 0 Å². The summed E-state index contributed by atoms with van der Waals surface area (Å²) in [6.45, 7) is 5.56. The Bertz CT molecular complexity index is 507. The number of Topliss-reactive ketones (excluding diaryl/α,β-unsaturated/α-hetero) is 1. The summed E-state index contributed by atoms with van der Waals surface area (Å²) in [6, 6.07) is 4.64. The number of carbonyl (C=O) groups is 1. The van der Waals surface area contributed by atoms with Crippen molar-refractivity contribution in [1.82, 2.24) is 4.98 Å². The number of hydrogen-bond acceptors (Lipinski definition) is 1. The molecule has 17 heavy (non-hydrogen) atoms. The fourth-order valence-corrected chi connectivity index (χ4v) is 1.67. The number of carbonyl (C=O) groups excluding carboxylic acids is 1. The second kappa shape index (κ2) is 6.18. The molecule has 1 heterocycles. The average Bonchev–Trinajstić information content (AvgIpc) is 2.71. The van der Waals surface area contributed by atoms with E-state index >= 15 is 0 Å². The Morgan fingerprint density at radius 1 is 1.41 bits per heavy atom. The fourth-order valence-electron chi connectivity index (χ4n) is 1.67. The third kappa shape index (κ3) is 3.41. The Labute approximate surface area is 102 Å². The summed E-state index contributed by atoms with van der Waals surface area (Å²) in [5.74, 6) is -0.0908. The summed E-state index contributed by atoms with van der Waals surface area (Å²) >= 11 is 0. The van der Waals surface area contributed by atoms with Crippen LogP contribution in [-0.4, -0.2) is 10.8 Å². The molecule has 0 aliphatic rings. The summed E-state index contributed by atoms with van der Waals surface area (Å²) in [5.41, 5.74) is 1.91. The summed E-state index contributed by atoms with van der Waals surface area (Å²) in [6.07, 6.45) is 3.01. The van der Waals surface area contributed by atoms with Crippen LogP contribution in [0, 0.1) is 5.82 Å². The monoisotopic (exact) mass is 237 g/mol. The van der Waals surface area contributed by atoms with Gasteiger partial charge in [0.2, 0.25) is 0 Å². The van der Waals surface area contributed by atoms with E-state index in [0.717, 1.165) is 16.5 Å². The smallest absolute Gasteiger partial charge is 0.130 e. The topological polar surface area (TPSA) is 32.9 Å². The Morgan fingerprint density at radius 3 is 2.76 bits per heavy atom. The van der Waals surface area contributed by atoms with Crippen molar-refractivity contribution < 1.29 is 10.6 Å². The molecule has 3 heteroatoms. The van der Waals surface area contributed by atoms with Gasteiger partial charge >= 0.3 is 0 Å². The minimum Gasteiger partial charge on any atom is -0.361 e. The second-order valence-electron chi connectivity index (χ2n) is 3.71. The molecule has 94 valence electrons. The van der Waals surface area contributed by atoms with Gasteiger partial charge in [0.15, 0.2) is 0 Å². The molecule has 0 fully saturated rings. The minimum absolute atomic E-state index is 0. The first-order chi connectivity index (χ1) is 8.16. The number of H-pyrrole nitrogens is 1. The molecule has 1 aromatic carbocycles.